The van der Waals surface area contributed by atoms with Crippen LogP contribution >= 0.6 is 12.2 Å². The zero-order valence-corrected chi connectivity index (χ0v) is 19.3. The summed E-state index contributed by atoms with van der Waals surface area (Å²) in [6.07, 6.45) is -0.0774. The number of hydrogen-bond donors (Lipinski definition) is 3. The molecule has 176 valence electrons. The number of nitrogens with two attached hydrogens (primary N) is 1. The molecular weight excluding hydrogens is 465 g/mol. The van der Waals surface area contributed by atoms with Crippen LogP contribution < -0.4 is 21.1 Å². The lowest BCUT2D eigenvalue weighted by Crippen LogP contribution is -2.22. The van der Waals surface area contributed by atoms with Crippen LogP contribution in [0.3, 0.4) is 0 Å². The average Bonchev–Trinajstić information content (AvgIpc) is 2.86. The minimum Gasteiger partial charge on any atom is -0.424 e. The van der Waals surface area contributed by atoms with Gasteiger partial charge in [0.2, 0.25) is 0 Å². The van der Waals surface area contributed by atoms with Gasteiger partial charge in [-0.2, -0.15) is 0 Å². The molecule has 4 aromatic rings. The number of thiocarbonyl (C=S) groups is 1. The summed E-state index contributed by atoms with van der Waals surface area (Å²) in [5.74, 6) is -0.149. The minimum atomic E-state index is -0.622. The van der Waals surface area contributed by atoms with E-state index in [1.165, 1.54) is 12.1 Å². The first-order valence-electron chi connectivity index (χ1n) is 10.8. The Kier molecular flexibility index (Phi) is 7.71. The fourth-order valence-electron chi connectivity index (χ4n) is 3.26. The molecule has 0 aliphatic heterocycles. The summed E-state index contributed by atoms with van der Waals surface area (Å²) < 4.78 is 18.6. The maximum Gasteiger partial charge on any atom is 0.313 e. The Bertz CT molecular complexity index is 1300. The Hall–Kier alpha value is -4.21. The monoisotopic (exact) mass is 487 g/mol. The van der Waals surface area contributed by atoms with Gasteiger partial charge in [0, 0.05) is 11.6 Å². The Morgan fingerprint density at radius 1 is 0.914 bits per heavy atom. The highest BCUT2D eigenvalue weighted by molar-refractivity contribution is 7.80. The number of hydrogen-bond acceptors (Lipinski definition) is 6. The van der Waals surface area contributed by atoms with Gasteiger partial charge in [-0.05, 0) is 54.2 Å². The third-order valence-electron chi connectivity index (χ3n) is 5.02. The molecule has 0 spiro atoms. The molecule has 4 rings (SSSR count). The van der Waals surface area contributed by atoms with E-state index >= 15 is 0 Å². The first-order valence-corrected chi connectivity index (χ1v) is 11.2. The van der Waals surface area contributed by atoms with Crippen LogP contribution in [0, 0.1) is 5.82 Å². The van der Waals surface area contributed by atoms with Crippen molar-refractivity contribution in [2.75, 3.05) is 10.6 Å². The van der Waals surface area contributed by atoms with E-state index in [0.29, 0.717) is 22.8 Å². The topological polar surface area (TPSA) is 102 Å². The second kappa shape index (κ2) is 11.3. The lowest BCUT2D eigenvalue weighted by molar-refractivity contribution is -0.134. The Morgan fingerprint density at radius 3 is 2.34 bits per heavy atom. The van der Waals surface area contributed by atoms with E-state index < -0.39 is 12.0 Å². The maximum absolute atomic E-state index is 13.1. The predicted molar refractivity (Wildman–Crippen MR) is 137 cm³/mol. The summed E-state index contributed by atoms with van der Waals surface area (Å²) in [7, 11) is 0. The van der Waals surface area contributed by atoms with E-state index in [-0.39, 0.29) is 17.4 Å². The Balaban J connectivity index is 1.35. The highest BCUT2D eigenvalue weighted by atomic mass is 32.1. The minimum absolute atomic E-state index is 0.0774. The molecule has 0 bridgehead atoms. The quantitative estimate of drug-likeness (QED) is 0.188. The van der Waals surface area contributed by atoms with Crippen molar-refractivity contribution in [2.45, 2.75) is 12.5 Å². The number of rotatable bonds is 7. The van der Waals surface area contributed by atoms with Crippen molar-refractivity contribution in [1.29, 1.82) is 0 Å². The second-order valence-corrected chi connectivity index (χ2v) is 7.99. The van der Waals surface area contributed by atoms with Gasteiger partial charge in [-0.25, -0.2) is 4.39 Å². The lowest BCUT2D eigenvalue weighted by Gasteiger charge is -2.15. The Labute approximate surface area is 207 Å². The SMILES string of the molecule is NC(CC(=O)Oc1ccccc1NC(=S)Nc1ccc(-c2ccccc2)nn1)c1ccc(F)cc1. The van der Waals surface area contributed by atoms with Crippen molar-refractivity contribution in [3.63, 3.8) is 0 Å². The molecule has 1 heterocycles. The highest BCUT2D eigenvalue weighted by Crippen LogP contribution is 2.26. The molecule has 0 aliphatic rings. The maximum atomic E-state index is 13.1. The summed E-state index contributed by atoms with van der Waals surface area (Å²) in [4.78, 5) is 12.5. The highest BCUT2D eigenvalue weighted by Gasteiger charge is 2.16. The second-order valence-electron chi connectivity index (χ2n) is 7.58. The number of anilines is 2. The fraction of sp³-hybridized carbons (Fsp3) is 0.0769. The van der Waals surface area contributed by atoms with Gasteiger partial charge in [-0.15, -0.1) is 10.2 Å². The van der Waals surface area contributed by atoms with E-state index in [0.717, 1.165) is 11.3 Å². The van der Waals surface area contributed by atoms with E-state index in [1.807, 2.05) is 36.4 Å². The number of carbonyl (C=O) groups is 1. The van der Waals surface area contributed by atoms with Crippen molar-refractivity contribution >= 4 is 34.8 Å². The largest absolute Gasteiger partial charge is 0.424 e. The summed E-state index contributed by atoms with van der Waals surface area (Å²) in [5.41, 5.74) is 8.90. The van der Waals surface area contributed by atoms with E-state index in [2.05, 4.69) is 20.8 Å². The number of benzene rings is 3. The lowest BCUT2D eigenvalue weighted by atomic mass is 10.1. The van der Waals surface area contributed by atoms with Gasteiger partial charge in [-0.3, -0.25) is 4.79 Å². The van der Waals surface area contributed by atoms with Crippen molar-refractivity contribution in [3.05, 3.63) is 102 Å². The number of nitrogens with one attached hydrogen (secondary N) is 2. The number of aromatic nitrogens is 2. The molecule has 0 radical (unpaired) electrons. The normalized spacial score (nSPS) is 11.4. The molecular formula is C26H22FN5O2S. The number of esters is 1. The van der Waals surface area contributed by atoms with Crippen LogP contribution in [-0.4, -0.2) is 21.3 Å². The molecule has 4 N–H and O–H groups in total. The van der Waals surface area contributed by atoms with Crippen LogP contribution in [0.25, 0.3) is 11.3 Å². The van der Waals surface area contributed by atoms with Crippen LogP contribution in [0.4, 0.5) is 15.9 Å². The van der Waals surface area contributed by atoms with Crippen molar-refractivity contribution in [1.82, 2.24) is 10.2 Å². The Morgan fingerprint density at radius 2 is 1.63 bits per heavy atom. The van der Waals surface area contributed by atoms with Crippen LogP contribution in [0.15, 0.2) is 91.0 Å². The molecule has 35 heavy (non-hydrogen) atoms. The summed E-state index contributed by atoms with van der Waals surface area (Å²) >= 11 is 5.38. The molecule has 9 heteroatoms. The van der Waals surface area contributed by atoms with Gasteiger partial charge in [0.1, 0.15) is 5.82 Å². The third kappa shape index (κ3) is 6.66. The van der Waals surface area contributed by atoms with E-state index in [1.54, 1.807) is 42.5 Å². The first-order chi connectivity index (χ1) is 17.0. The van der Waals surface area contributed by atoms with Gasteiger partial charge in [-0.1, -0.05) is 54.6 Å². The van der Waals surface area contributed by atoms with Gasteiger partial charge >= 0.3 is 5.97 Å². The standard InChI is InChI=1S/C26H22FN5O2S/c27-19-12-10-17(11-13-19)20(28)16-25(33)34-23-9-5-4-8-22(23)29-26(35)30-24-15-14-21(31-32-24)18-6-2-1-3-7-18/h1-15,20H,16,28H2,(H2,29,30,32,35). The molecule has 0 fully saturated rings. The molecule has 1 atom stereocenters. The molecule has 0 aliphatic carbocycles. The van der Waals surface area contributed by atoms with Crippen LogP contribution in [-0.2, 0) is 4.79 Å². The molecule has 0 amide bonds. The van der Waals surface area contributed by atoms with Crippen molar-refractivity contribution < 1.29 is 13.9 Å². The molecule has 0 saturated carbocycles. The predicted octanol–water partition coefficient (Wildman–Crippen LogP) is 5.09. The third-order valence-corrected chi connectivity index (χ3v) is 5.22. The molecule has 0 saturated heterocycles. The first kappa shape index (κ1) is 23.9. The van der Waals surface area contributed by atoms with E-state index in [9.17, 15) is 9.18 Å². The number of ether oxygens (including phenoxy) is 1. The molecule has 1 aromatic heterocycles. The molecule has 3 aromatic carbocycles. The van der Waals surface area contributed by atoms with Gasteiger partial charge < -0.3 is 21.1 Å². The molecule has 1 unspecified atom stereocenters. The van der Waals surface area contributed by atoms with Crippen LogP contribution in [0.2, 0.25) is 0 Å². The fourth-order valence-corrected chi connectivity index (χ4v) is 3.48. The summed E-state index contributed by atoms with van der Waals surface area (Å²) in [6, 6.07) is 25.3. The average molecular weight is 488 g/mol. The summed E-state index contributed by atoms with van der Waals surface area (Å²) in [5, 5.41) is 14.6. The zero-order chi connectivity index (χ0) is 24.6. The van der Waals surface area contributed by atoms with Gasteiger partial charge in [0.15, 0.2) is 16.7 Å². The smallest absolute Gasteiger partial charge is 0.313 e. The van der Waals surface area contributed by atoms with Crippen molar-refractivity contribution in [3.8, 4) is 17.0 Å². The molecule has 7 nitrogen and oxygen atoms in total. The van der Waals surface area contributed by atoms with Gasteiger partial charge in [0.25, 0.3) is 0 Å². The number of halogens is 1. The van der Waals surface area contributed by atoms with E-state index in [4.69, 9.17) is 22.7 Å². The number of nitrogens with zero attached hydrogens (tertiary/aromatic N) is 2. The van der Waals surface area contributed by atoms with Crippen LogP contribution in [0.5, 0.6) is 5.75 Å². The number of para-hydroxylation sites is 2. The van der Waals surface area contributed by atoms with Crippen molar-refractivity contribution in [2.24, 2.45) is 5.73 Å². The van der Waals surface area contributed by atoms with Gasteiger partial charge in [0.05, 0.1) is 17.8 Å². The number of carbonyl (C=O) groups excluding carboxylic acids is 1. The summed E-state index contributed by atoms with van der Waals surface area (Å²) in [6.45, 7) is 0. The van der Waals surface area contributed by atoms with Crippen LogP contribution in [0.1, 0.15) is 18.0 Å². The zero-order valence-electron chi connectivity index (χ0n) is 18.5.